The molecule has 2 aromatic carbocycles. The van der Waals surface area contributed by atoms with Gasteiger partial charge in [0.25, 0.3) is 0 Å². The van der Waals surface area contributed by atoms with Gasteiger partial charge in [-0.15, -0.1) is 0 Å². The van der Waals surface area contributed by atoms with Gasteiger partial charge < -0.3 is 21.1 Å². The van der Waals surface area contributed by atoms with Gasteiger partial charge in [-0.25, -0.2) is 4.79 Å². The first-order valence-electron chi connectivity index (χ1n) is 8.27. The van der Waals surface area contributed by atoms with Crippen molar-refractivity contribution in [1.29, 1.82) is 0 Å². The van der Waals surface area contributed by atoms with Gasteiger partial charge in [-0.2, -0.15) is 5.10 Å². The molecule has 27 heavy (non-hydrogen) atoms. The molecule has 0 bridgehead atoms. The topological polar surface area (TPSA) is 122 Å². The SMILES string of the molecule is NC(=O)N[C@H](CC(=O)Nc1cn[nH]c1)c1cccc(Oc2ccccc2)c1. The second-order valence-corrected chi connectivity index (χ2v) is 5.79. The van der Waals surface area contributed by atoms with Crippen LogP contribution < -0.4 is 21.1 Å². The van der Waals surface area contributed by atoms with E-state index in [0.717, 1.165) is 0 Å². The largest absolute Gasteiger partial charge is 0.457 e. The fourth-order valence-corrected chi connectivity index (χ4v) is 2.56. The normalized spacial score (nSPS) is 11.4. The Morgan fingerprint density at radius 1 is 1.11 bits per heavy atom. The number of ether oxygens (including phenoxy) is 1. The quantitative estimate of drug-likeness (QED) is 0.514. The van der Waals surface area contributed by atoms with Crippen LogP contribution in [0.15, 0.2) is 67.0 Å². The van der Waals surface area contributed by atoms with E-state index in [0.29, 0.717) is 22.7 Å². The third kappa shape index (κ3) is 5.33. The minimum absolute atomic E-state index is 0.00289. The van der Waals surface area contributed by atoms with E-state index in [4.69, 9.17) is 10.5 Å². The number of carbonyl (C=O) groups excluding carboxylic acids is 2. The number of aromatic amines is 1. The molecule has 0 radical (unpaired) electrons. The summed E-state index contributed by atoms with van der Waals surface area (Å²) in [6.45, 7) is 0. The monoisotopic (exact) mass is 365 g/mol. The number of nitrogens with one attached hydrogen (secondary N) is 3. The van der Waals surface area contributed by atoms with Gasteiger partial charge in [-0.1, -0.05) is 30.3 Å². The van der Waals surface area contributed by atoms with E-state index >= 15 is 0 Å². The zero-order valence-electron chi connectivity index (χ0n) is 14.4. The van der Waals surface area contributed by atoms with Crippen LogP contribution in [0.25, 0.3) is 0 Å². The number of para-hydroxylation sites is 1. The number of carbonyl (C=O) groups is 2. The van der Waals surface area contributed by atoms with Crippen molar-refractivity contribution in [2.45, 2.75) is 12.5 Å². The predicted molar refractivity (Wildman–Crippen MR) is 100 cm³/mol. The van der Waals surface area contributed by atoms with Crippen LogP contribution in [0.2, 0.25) is 0 Å². The van der Waals surface area contributed by atoms with Gasteiger partial charge in [0.1, 0.15) is 11.5 Å². The summed E-state index contributed by atoms with van der Waals surface area (Å²) in [5.41, 5.74) is 6.52. The number of nitrogens with two attached hydrogens (primary N) is 1. The minimum Gasteiger partial charge on any atom is -0.457 e. The number of anilines is 1. The Hall–Kier alpha value is -3.81. The average Bonchev–Trinajstić information content (AvgIpc) is 3.15. The summed E-state index contributed by atoms with van der Waals surface area (Å²) < 4.78 is 5.81. The molecule has 138 valence electrons. The van der Waals surface area contributed by atoms with Crippen molar-refractivity contribution in [3.63, 3.8) is 0 Å². The number of hydrogen-bond acceptors (Lipinski definition) is 4. The molecule has 8 heteroatoms. The first-order valence-corrected chi connectivity index (χ1v) is 8.27. The van der Waals surface area contributed by atoms with Crippen molar-refractivity contribution < 1.29 is 14.3 Å². The van der Waals surface area contributed by atoms with Crippen LogP contribution in [0.5, 0.6) is 11.5 Å². The molecule has 0 unspecified atom stereocenters. The molecular formula is C19H19N5O3. The Balaban J connectivity index is 1.74. The van der Waals surface area contributed by atoms with Crippen LogP contribution in [0.1, 0.15) is 18.0 Å². The summed E-state index contributed by atoms with van der Waals surface area (Å²) in [6.07, 6.45) is 3.05. The van der Waals surface area contributed by atoms with Crippen molar-refractivity contribution in [3.8, 4) is 11.5 Å². The standard InChI is InChI=1S/C19H19N5O3/c20-19(26)24-17(10-18(25)23-14-11-21-22-12-14)13-5-4-8-16(9-13)27-15-6-2-1-3-7-15/h1-9,11-12,17H,10H2,(H,21,22)(H,23,25)(H3,20,24,26)/t17-/m1/s1. The maximum Gasteiger partial charge on any atom is 0.312 e. The van der Waals surface area contributed by atoms with E-state index in [1.165, 1.54) is 6.20 Å². The summed E-state index contributed by atoms with van der Waals surface area (Å²) >= 11 is 0. The van der Waals surface area contributed by atoms with Crippen LogP contribution in [-0.4, -0.2) is 22.1 Å². The number of benzene rings is 2. The molecule has 0 fully saturated rings. The summed E-state index contributed by atoms with van der Waals surface area (Å²) in [7, 11) is 0. The molecule has 1 heterocycles. The number of nitrogens with zero attached hydrogens (tertiary/aromatic N) is 1. The van der Waals surface area contributed by atoms with Gasteiger partial charge in [0.05, 0.1) is 24.3 Å². The molecule has 0 saturated carbocycles. The summed E-state index contributed by atoms with van der Waals surface area (Å²) in [5.74, 6) is 0.988. The van der Waals surface area contributed by atoms with Crippen molar-refractivity contribution in [2.75, 3.05) is 5.32 Å². The first kappa shape index (κ1) is 18.0. The van der Waals surface area contributed by atoms with Crippen LogP contribution in [0.3, 0.4) is 0 Å². The lowest BCUT2D eigenvalue weighted by Crippen LogP contribution is -2.35. The number of primary amides is 1. The van der Waals surface area contributed by atoms with Gasteiger partial charge in [0.2, 0.25) is 5.91 Å². The second kappa shape index (κ2) is 8.52. The van der Waals surface area contributed by atoms with E-state index in [9.17, 15) is 9.59 Å². The Morgan fingerprint density at radius 3 is 2.59 bits per heavy atom. The van der Waals surface area contributed by atoms with E-state index in [2.05, 4.69) is 20.8 Å². The summed E-state index contributed by atoms with van der Waals surface area (Å²) in [4.78, 5) is 23.7. The van der Waals surface area contributed by atoms with Crippen LogP contribution in [0, 0.1) is 0 Å². The molecule has 0 saturated heterocycles. The molecular weight excluding hydrogens is 346 g/mol. The molecule has 3 amide bonds. The van der Waals surface area contributed by atoms with Gasteiger partial charge in [-0.3, -0.25) is 9.89 Å². The fourth-order valence-electron chi connectivity index (χ4n) is 2.56. The minimum atomic E-state index is -0.717. The molecule has 3 aromatic rings. The summed E-state index contributed by atoms with van der Waals surface area (Å²) in [6, 6.07) is 15.1. The Labute approximate surface area is 155 Å². The van der Waals surface area contributed by atoms with E-state index in [1.54, 1.807) is 30.5 Å². The van der Waals surface area contributed by atoms with E-state index < -0.39 is 12.1 Å². The molecule has 0 aliphatic carbocycles. The summed E-state index contributed by atoms with van der Waals surface area (Å²) in [5, 5.41) is 11.7. The zero-order chi connectivity index (χ0) is 19.1. The number of hydrogen-bond donors (Lipinski definition) is 4. The highest BCUT2D eigenvalue weighted by Gasteiger charge is 2.18. The number of amides is 3. The maximum atomic E-state index is 12.3. The highest BCUT2D eigenvalue weighted by Crippen LogP contribution is 2.26. The average molecular weight is 365 g/mol. The first-order chi connectivity index (χ1) is 13.1. The van der Waals surface area contributed by atoms with E-state index in [1.807, 2.05) is 30.3 Å². The molecule has 0 aliphatic rings. The number of H-pyrrole nitrogens is 1. The molecule has 0 aliphatic heterocycles. The fraction of sp³-hybridized carbons (Fsp3) is 0.105. The third-order valence-corrected chi connectivity index (χ3v) is 3.73. The van der Waals surface area contributed by atoms with Gasteiger partial charge in [0.15, 0.2) is 0 Å². The van der Waals surface area contributed by atoms with Crippen molar-refractivity contribution >= 4 is 17.6 Å². The third-order valence-electron chi connectivity index (χ3n) is 3.73. The van der Waals surface area contributed by atoms with E-state index in [-0.39, 0.29) is 12.3 Å². The molecule has 8 nitrogen and oxygen atoms in total. The Kier molecular flexibility index (Phi) is 5.68. The van der Waals surface area contributed by atoms with Crippen molar-refractivity contribution in [2.24, 2.45) is 5.73 Å². The van der Waals surface area contributed by atoms with Gasteiger partial charge >= 0.3 is 6.03 Å². The Bertz CT molecular complexity index is 897. The number of urea groups is 1. The van der Waals surface area contributed by atoms with Crippen molar-refractivity contribution in [3.05, 3.63) is 72.6 Å². The van der Waals surface area contributed by atoms with Gasteiger partial charge in [0, 0.05) is 6.20 Å². The van der Waals surface area contributed by atoms with Crippen LogP contribution >= 0.6 is 0 Å². The van der Waals surface area contributed by atoms with Crippen molar-refractivity contribution in [1.82, 2.24) is 15.5 Å². The Morgan fingerprint density at radius 2 is 1.89 bits per heavy atom. The predicted octanol–water partition coefficient (Wildman–Crippen LogP) is 2.94. The lowest BCUT2D eigenvalue weighted by atomic mass is 10.0. The molecule has 5 N–H and O–H groups in total. The molecule has 1 atom stereocenters. The second-order valence-electron chi connectivity index (χ2n) is 5.79. The molecule has 0 spiro atoms. The lowest BCUT2D eigenvalue weighted by Gasteiger charge is -2.18. The number of aromatic nitrogens is 2. The van der Waals surface area contributed by atoms with Gasteiger partial charge in [-0.05, 0) is 29.8 Å². The lowest BCUT2D eigenvalue weighted by molar-refractivity contribution is -0.116. The highest BCUT2D eigenvalue weighted by atomic mass is 16.5. The molecule has 1 aromatic heterocycles. The number of rotatable bonds is 7. The maximum absolute atomic E-state index is 12.3. The van der Waals surface area contributed by atoms with Crippen LogP contribution in [-0.2, 0) is 4.79 Å². The highest BCUT2D eigenvalue weighted by molar-refractivity contribution is 5.91. The smallest absolute Gasteiger partial charge is 0.312 e. The molecule has 3 rings (SSSR count). The van der Waals surface area contributed by atoms with Crippen LogP contribution in [0.4, 0.5) is 10.5 Å². The zero-order valence-corrected chi connectivity index (χ0v) is 14.4.